The number of nitrogens with zero attached hydrogens (tertiary/aromatic N) is 4. The predicted octanol–water partition coefficient (Wildman–Crippen LogP) is 3.06. The van der Waals surface area contributed by atoms with E-state index in [-0.39, 0.29) is 6.03 Å². The summed E-state index contributed by atoms with van der Waals surface area (Å²) in [5.74, 6) is -1.89. The summed E-state index contributed by atoms with van der Waals surface area (Å²) in [5, 5.41) is 19.2. The Balaban J connectivity index is 0.000000414. The van der Waals surface area contributed by atoms with Gasteiger partial charge < -0.3 is 25.3 Å². The number of benzene rings is 1. The van der Waals surface area contributed by atoms with Gasteiger partial charge in [0.15, 0.2) is 0 Å². The van der Waals surface area contributed by atoms with E-state index in [4.69, 9.17) is 10.2 Å². The van der Waals surface area contributed by atoms with Crippen LogP contribution in [0.1, 0.15) is 26.0 Å². The normalized spacial score (nSPS) is 16.9. The molecule has 0 radical (unpaired) electrons. The van der Waals surface area contributed by atoms with Crippen molar-refractivity contribution in [1.29, 1.82) is 0 Å². The molecule has 3 N–H and O–H groups in total. The summed E-state index contributed by atoms with van der Waals surface area (Å²) >= 11 is 0. The molecule has 1 aromatic carbocycles. The maximum absolute atomic E-state index is 13.3. The van der Waals surface area contributed by atoms with Gasteiger partial charge in [-0.05, 0) is 43.1 Å². The molecule has 0 unspecified atom stereocenters. The number of pyridine rings is 1. The Morgan fingerprint density at radius 1 is 1.00 bits per heavy atom. The summed E-state index contributed by atoms with van der Waals surface area (Å²) in [6.45, 7) is 9.31. The molecular formula is C27H35N5O5. The standard InChI is InChI=1S/C23H31N5O.C4H4O4/c1-18(2)15-25-20-10-12-27(17-20)23(29)28-14-13-26(16-19-7-5-6-11-24-19)21-8-3-4-9-22(21)28;5-3(6)1-2-4(7)8/h3-9,11,18,20,25H,10,12-17H2,1-2H3;1-2H,(H,5,6)(H,7,8)/b;2-1-/t20-;/m0./s1. The number of rotatable bonds is 7. The van der Waals surface area contributed by atoms with Gasteiger partial charge in [-0.1, -0.05) is 32.0 Å². The lowest BCUT2D eigenvalue weighted by molar-refractivity contribution is -0.134. The van der Waals surface area contributed by atoms with Crippen molar-refractivity contribution >= 4 is 29.3 Å². The van der Waals surface area contributed by atoms with E-state index in [1.807, 2.05) is 40.3 Å². The van der Waals surface area contributed by atoms with Crippen LogP contribution in [0.2, 0.25) is 0 Å². The molecule has 2 aliphatic heterocycles. The third kappa shape index (κ3) is 8.32. The Morgan fingerprint density at radius 3 is 2.30 bits per heavy atom. The van der Waals surface area contributed by atoms with E-state index in [9.17, 15) is 14.4 Å². The average Bonchev–Trinajstić information content (AvgIpc) is 3.36. The summed E-state index contributed by atoms with van der Waals surface area (Å²) in [7, 11) is 0. The fraction of sp³-hybridized carbons (Fsp3) is 0.407. The lowest BCUT2D eigenvalue weighted by atomic mass is 10.1. The highest BCUT2D eigenvalue weighted by molar-refractivity contribution is 5.97. The van der Waals surface area contributed by atoms with Gasteiger partial charge in [0.1, 0.15) is 0 Å². The van der Waals surface area contributed by atoms with Gasteiger partial charge in [0.25, 0.3) is 0 Å². The molecule has 10 heteroatoms. The van der Waals surface area contributed by atoms with E-state index >= 15 is 0 Å². The van der Waals surface area contributed by atoms with Crippen molar-refractivity contribution in [2.75, 3.05) is 42.5 Å². The van der Waals surface area contributed by atoms with Crippen LogP contribution in [0.4, 0.5) is 16.2 Å². The van der Waals surface area contributed by atoms with E-state index in [0.717, 1.165) is 56.2 Å². The van der Waals surface area contributed by atoms with Gasteiger partial charge in [-0.2, -0.15) is 0 Å². The van der Waals surface area contributed by atoms with Crippen LogP contribution in [0.15, 0.2) is 60.8 Å². The van der Waals surface area contributed by atoms with Gasteiger partial charge in [0.2, 0.25) is 0 Å². The van der Waals surface area contributed by atoms with Gasteiger partial charge in [-0.15, -0.1) is 0 Å². The second-order valence-electron chi connectivity index (χ2n) is 9.41. The number of urea groups is 1. The first-order valence-electron chi connectivity index (χ1n) is 12.4. The zero-order valence-corrected chi connectivity index (χ0v) is 21.3. The lowest BCUT2D eigenvalue weighted by Crippen LogP contribution is -2.49. The average molecular weight is 510 g/mol. The minimum absolute atomic E-state index is 0.129. The molecular weight excluding hydrogens is 474 g/mol. The molecule has 1 fully saturated rings. The number of carbonyl (C=O) groups is 3. The third-order valence-electron chi connectivity index (χ3n) is 6.06. The fourth-order valence-corrected chi connectivity index (χ4v) is 4.29. The highest BCUT2D eigenvalue weighted by Crippen LogP contribution is 2.34. The summed E-state index contributed by atoms with van der Waals surface area (Å²) in [6.07, 6.45) is 3.97. The van der Waals surface area contributed by atoms with Crippen molar-refractivity contribution in [3.8, 4) is 0 Å². The van der Waals surface area contributed by atoms with Crippen molar-refractivity contribution in [3.63, 3.8) is 0 Å². The molecule has 2 aliphatic rings. The molecule has 37 heavy (non-hydrogen) atoms. The highest BCUT2D eigenvalue weighted by atomic mass is 16.4. The van der Waals surface area contributed by atoms with Crippen molar-refractivity contribution in [2.24, 2.45) is 5.92 Å². The predicted molar refractivity (Wildman–Crippen MR) is 142 cm³/mol. The minimum Gasteiger partial charge on any atom is -0.478 e. The number of amides is 2. The lowest BCUT2D eigenvalue weighted by Gasteiger charge is -2.39. The van der Waals surface area contributed by atoms with Crippen LogP contribution in [0.3, 0.4) is 0 Å². The minimum atomic E-state index is -1.26. The molecule has 1 aromatic heterocycles. The molecule has 2 amide bonds. The van der Waals surface area contributed by atoms with Crippen LogP contribution in [0, 0.1) is 5.92 Å². The summed E-state index contributed by atoms with van der Waals surface area (Å²) in [5.41, 5.74) is 3.14. The molecule has 1 atom stereocenters. The number of hydrogen-bond acceptors (Lipinski definition) is 6. The quantitative estimate of drug-likeness (QED) is 0.486. The number of likely N-dealkylation sites (tertiary alicyclic amines) is 1. The molecule has 2 aromatic rings. The van der Waals surface area contributed by atoms with E-state index in [0.29, 0.717) is 30.7 Å². The van der Waals surface area contributed by atoms with Crippen molar-refractivity contribution in [2.45, 2.75) is 32.9 Å². The Morgan fingerprint density at radius 2 is 1.68 bits per heavy atom. The molecule has 0 spiro atoms. The highest BCUT2D eigenvalue weighted by Gasteiger charge is 2.33. The second kappa shape index (κ2) is 13.4. The van der Waals surface area contributed by atoms with Crippen LogP contribution in [-0.2, 0) is 16.1 Å². The zero-order chi connectivity index (χ0) is 26.8. The topological polar surface area (TPSA) is 126 Å². The van der Waals surface area contributed by atoms with Gasteiger partial charge in [0, 0.05) is 50.6 Å². The number of carboxylic acid groups (broad SMARTS) is 2. The fourth-order valence-electron chi connectivity index (χ4n) is 4.29. The molecule has 198 valence electrons. The third-order valence-corrected chi connectivity index (χ3v) is 6.06. The number of para-hydroxylation sites is 2. The Bertz CT molecular complexity index is 1080. The summed E-state index contributed by atoms with van der Waals surface area (Å²) in [6, 6.07) is 14.8. The van der Waals surface area contributed by atoms with Crippen LogP contribution >= 0.6 is 0 Å². The zero-order valence-electron chi connectivity index (χ0n) is 21.3. The van der Waals surface area contributed by atoms with Crippen LogP contribution in [0.5, 0.6) is 0 Å². The smallest absolute Gasteiger partial charge is 0.328 e. The maximum Gasteiger partial charge on any atom is 0.328 e. The Hall–Kier alpha value is -3.92. The van der Waals surface area contributed by atoms with E-state index in [1.165, 1.54) is 0 Å². The summed E-state index contributed by atoms with van der Waals surface area (Å²) in [4.78, 5) is 43.2. The number of anilines is 2. The van der Waals surface area contributed by atoms with E-state index in [1.54, 1.807) is 0 Å². The number of aliphatic carboxylic acids is 2. The molecule has 1 saturated heterocycles. The van der Waals surface area contributed by atoms with Gasteiger partial charge in [0.05, 0.1) is 23.6 Å². The number of hydrogen-bond donors (Lipinski definition) is 3. The number of fused-ring (bicyclic) bond motifs is 1. The van der Waals surface area contributed by atoms with Crippen molar-refractivity contribution < 1.29 is 24.6 Å². The SMILES string of the molecule is CC(C)CN[C@H]1CCN(C(=O)N2CCN(Cc3ccccn3)c3ccccc32)C1.O=C(O)/C=C\C(=O)O. The maximum atomic E-state index is 13.3. The number of aromatic nitrogens is 1. The molecule has 10 nitrogen and oxygen atoms in total. The van der Waals surface area contributed by atoms with Gasteiger partial charge in [-0.25, -0.2) is 14.4 Å². The molecule has 0 bridgehead atoms. The van der Waals surface area contributed by atoms with E-state index in [2.05, 4.69) is 47.2 Å². The number of carboxylic acids is 2. The monoisotopic (exact) mass is 509 g/mol. The largest absolute Gasteiger partial charge is 0.478 e. The second-order valence-corrected chi connectivity index (χ2v) is 9.41. The van der Waals surface area contributed by atoms with Gasteiger partial charge >= 0.3 is 18.0 Å². The molecule has 0 saturated carbocycles. The summed E-state index contributed by atoms with van der Waals surface area (Å²) < 4.78 is 0. The van der Waals surface area contributed by atoms with Gasteiger partial charge in [-0.3, -0.25) is 9.88 Å². The first-order chi connectivity index (χ1) is 17.7. The van der Waals surface area contributed by atoms with Crippen molar-refractivity contribution in [3.05, 3.63) is 66.5 Å². The van der Waals surface area contributed by atoms with Crippen LogP contribution in [0.25, 0.3) is 0 Å². The molecule has 4 rings (SSSR count). The Kier molecular flexibility index (Phi) is 10.0. The number of carbonyl (C=O) groups excluding carboxylic acids is 1. The van der Waals surface area contributed by atoms with Crippen molar-refractivity contribution in [1.82, 2.24) is 15.2 Å². The van der Waals surface area contributed by atoms with Crippen LogP contribution < -0.4 is 15.1 Å². The first-order valence-corrected chi connectivity index (χ1v) is 12.4. The van der Waals surface area contributed by atoms with Crippen LogP contribution in [-0.4, -0.2) is 76.8 Å². The molecule has 0 aliphatic carbocycles. The molecule has 3 heterocycles. The number of nitrogens with one attached hydrogen (secondary N) is 1. The first kappa shape index (κ1) is 27.7. The Labute approximate surface area is 217 Å². The van der Waals surface area contributed by atoms with E-state index < -0.39 is 11.9 Å².